The van der Waals surface area contributed by atoms with Crippen molar-refractivity contribution >= 4 is 28.9 Å². The number of halogens is 2. The normalized spacial score (nSPS) is 17.4. The van der Waals surface area contributed by atoms with Crippen LogP contribution in [0.3, 0.4) is 0 Å². The standard InChI is InChI=1S/C22H25F2N7O2/c1-11(12-7-6-8-12)26-17-15-18(29-19(28-17)16(25)27-21(32)33)30-20(31(15)3)22(2,24)13-9-4-5-10-14(13)23/h4-5,9-12H,6-8H2,1-3H3,(H2,25,27)(H,32,33)(H,26,28,29)/t11-,22?/m1/s1. The van der Waals surface area contributed by atoms with Crippen LogP contribution in [0.2, 0.25) is 0 Å². The highest BCUT2D eigenvalue weighted by Crippen LogP contribution is 2.37. The Morgan fingerprint density at radius 3 is 2.64 bits per heavy atom. The molecule has 11 heteroatoms. The number of carboxylic acid groups (broad SMARTS) is 1. The number of rotatable bonds is 6. The van der Waals surface area contributed by atoms with Gasteiger partial charge in [0.15, 0.2) is 34.6 Å². The molecule has 2 atom stereocenters. The lowest BCUT2D eigenvalue weighted by Crippen LogP contribution is -2.32. The Morgan fingerprint density at radius 2 is 2.03 bits per heavy atom. The second-order valence-corrected chi connectivity index (χ2v) is 8.45. The first kappa shape index (κ1) is 22.6. The molecule has 2 aromatic heterocycles. The number of amidine groups is 1. The van der Waals surface area contributed by atoms with Gasteiger partial charge < -0.3 is 20.7 Å². The van der Waals surface area contributed by atoms with Crippen LogP contribution < -0.4 is 11.1 Å². The van der Waals surface area contributed by atoms with Crippen LogP contribution in [0.1, 0.15) is 50.3 Å². The lowest BCUT2D eigenvalue weighted by Gasteiger charge is -2.32. The Morgan fingerprint density at radius 1 is 1.33 bits per heavy atom. The van der Waals surface area contributed by atoms with E-state index >= 15 is 4.39 Å². The van der Waals surface area contributed by atoms with E-state index in [2.05, 4.69) is 25.3 Å². The summed E-state index contributed by atoms with van der Waals surface area (Å²) in [7, 11) is 1.60. The summed E-state index contributed by atoms with van der Waals surface area (Å²) in [6.07, 6.45) is 1.80. The van der Waals surface area contributed by atoms with Gasteiger partial charge in [-0.25, -0.2) is 28.5 Å². The molecule has 1 aromatic carbocycles. The summed E-state index contributed by atoms with van der Waals surface area (Å²) in [6.45, 7) is 3.24. The van der Waals surface area contributed by atoms with Crippen LogP contribution >= 0.6 is 0 Å². The molecule has 2 heterocycles. The number of anilines is 1. The number of alkyl halides is 1. The summed E-state index contributed by atoms with van der Waals surface area (Å²) in [5, 5.41) is 12.3. The minimum absolute atomic E-state index is 0.0454. The van der Waals surface area contributed by atoms with E-state index in [1.54, 1.807) is 13.1 Å². The number of hydrogen-bond donors (Lipinski definition) is 3. The van der Waals surface area contributed by atoms with Crippen LogP contribution in [0.15, 0.2) is 29.3 Å². The molecule has 4 rings (SSSR count). The van der Waals surface area contributed by atoms with Gasteiger partial charge in [0.05, 0.1) is 0 Å². The molecular formula is C22H25F2N7O2. The highest BCUT2D eigenvalue weighted by atomic mass is 19.1. The lowest BCUT2D eigenvalue weighted by atomic mass is 9.80. The van der Waals surface area contributed by atoms with Gasteiger partial charge in [-0.1, -0.05) is 24.6 Å². The first-order chi connectivity index (χ1) is 15.6. The van der Waals surface area contributed by atoms with Gasteiger partial charge in [0.2, 0.25) is 0 Å². The van der Waals surface area contributed by atoms with Gasteiger partial charge in [0, 0.05) is 18.7 Å². The van der Waals surface area contributed by atoms with Gasteiger partial charge in [-0.15, -0.1) is 0 Å². The maximum atomic E-state index is 16.0. The zero-order valence-electron chi connectivity index (χ0n) is 18.5. The van der Waals surface area contributed by atoms with Crippen molar-refractivity contribution in [3.63, 3.8) is 0 Å². The molecule has 3 aromatic rings. The van der Waals surface area contributed by atoms with Gasteiger partial charge in [-0.05, 0) is 38.7 Å². The molecule has 0 radical (unpaired) electrons. The predicted molar refractivity (Wildman–Crippen MR) is 119 cm³/mol. The molecular weight excluding hydrogens is 432 g/mol. The molecule has 0 bridgehead atoms. The van der Waals surface area contributed by atoms with E-state index in [1.807, 2.05) is 6.92 Å². The number of hydrogen-bond acceptors (Lipinski definition) is 5. The monoisotopic (exact) mass is 457 g/mol. The van der Waals surface area contributed by atoms with Gasteiger partial charge in [-0.3, -0.25) is 0 Å². The molecule has 0 saturated heterocycles. The SMILES string of the molecule is C[C@@H](Nc1nc(/C(N)=N/C(=O)O)nc2nc(C(C)(F)c3ccccc3F)n(C)c12)C1CCC1. The van der Waals surface area contributed by atoms with Crippen molar-refractivity contribution in [2.45, 2.75) is 44.8 Å². The third-order valence-corrected chi connectivity index (χ3v) is 6.20. The van der Waals surface area contributed by atoms with E-state index < -0.39 is 23.4 Å². The fourth-order valence-electron chi connectivity index (χ4n) is 4.13. The molecule has 33 heavy (non-hydrogen) atoms. The van der Waals surface area contributed by atoms with E-state index in [1.165, 1.54) is 29.7 Å². The molecule has 0 spiro atoms. The fourth-order valence-corrected chi connectivity index (χ4v) is 4.13. The number of nitrogens with zero attached hydrogens (tertiary/aromatic N) is 5. The summed E-state index contributed by atoms with van der Waals surface area (Å²) in [5.41, 5.74) is 3.82. The number of benzene rings is 1. The Labute approximate surface area is 188 Å². The number of aryl methyl sites for hydroxylation is 1. The number of amides is 1. The second kappa shape index (κ2) is 8.38. The fraction of sp³-hybridized carbons (Fsp3) is 0.409. The molecule has 1 unspecified atom stereocenters. The van der Waals surface area contributed by atoms with E-state index in [0.717, 1.165) is 19.3 Å². The van der Waals surface area contributed by atoms with Gasteiger partial charge in [-0.2, -0.15) is 4.99 Å². The molecule has 1 aliphatic rings. The first-order valence-corrected chi connectivity index (χ1v) is 10.6. The van der Waals surface area contributed by atoms with Crippen molar-refractivity contribution in [1.29, 1.82) is 0 Å². The Kier molecular flexibility index (Phi) is 5.73. The summed E-state index contributed by atoms with van der Waals surface area (Å²) >= 11 is 0. The number of aromatic nitrogens is 4. The first-order valence-electron chi connectivity index (χ1n) is 10.6. The highest BCUT2D eigenvalue weighted by Gasteiger charge is 2.37. The van der Waals surface area contributed by atoms with Gasteiger partial charge >= 0.3 is 6.09 Å². The summed E-state index contributed by atoms with van der Waals surface area (Å²) in [6, 6.07) is 5.62. The zero-order valence-corrected chi connectivity index (χ0v) is 18.5. The zero-order chi connectivity index (χ0) is 23.9. The maximum Gasteiger partial charge on any atom is 0.433 e. The van der Waals surface area contributed by atoms with Crippen LogP contribution in [0.4, 0.5) is 19.4 Å². The average molecular weight is 457 g/mol. The number of nitrogens with one attached hydrogen (secondary N) is 1. The lowest BCUT2D eigenvalue weighted by molar-refractivity contribution is 0.205. The van der Waals surface area contributed by atoms with E-state index in [-0.39, 0.29) is 28.9 Å². The van der Waals surface area contributed by atoms with Crippen LogP contribution in [0.25, 0.3) is 11.2 Å². The largest absolute Gasteiger partial charge is 0.463 e. The van der Waals surface area contributed by atoms with E-state index in [0.29, 0.717) is 17.3 Å². The number of fused-ring (bicyclic) bond motifs is 1. The molecule has 9 nitrogen and oxygen atoms in total. The van der Waals surface area contributed by atoms with Crippen LogP contribution in [0, 0.1) is 11.7 Å². The minimum Gasteiger partial charge on any atom is -0.463 e. The number of imidazole rings is 1. The quantitative estimate of drug-likeness (QED) is 0.380. The third-order valence-electron chi connectivity index (χ3n) is 6.20. The third kappa shape index (κ3) is 4.10. The van der Waals surface area contributed by atoms with Crippen molar-refractivity contribution in [1.82, 2.24) is 19.5 Å². The molecule has 174 valence electrons. The molecule has 1 fully saturated rings. The topological polar surface area (TPSA) is 131 Å². The van der Waals surface area contributed by atoms with Crippen LogP contribution in [-0.4, -0.2) is 42.6 Å². The smallest absolute Gasteiger partial charge is 0.433 e. The van der Waals surface area contributed by atoms with Gasteiger partial charge in [0.1, 0.15) is 11.3 Å². The average Bonchev–Trinajstić information content (AvgIpc) is 3.04. The second-order valence-electron chi connectivity index (χ2n) is 8.45. The summed E-state index contributed by atoms with van der Waals surface area (Å²) in [4.78, 5) is 27.2. The maximum absolute atomic E-state index is 16.0. The minimum atomic E-state index is -2.28. The number of nitrogens with two attached hydrogens (primary N) is 1. The molecule has 0 aliphatic heterocycles. The number of carbonyl (C=O) groups is 1. The van der Waals surface area contributed by atoms with Crippen molar-refractivity contribution in [3.8, 4) is 0 Å². The summed E-state index contributed by atoms with van der Waals surface area (Å²) < 4.78 is 31.9. The Balaban J connectivity index is 1.89. The molecule has 1 aliphatic carbocycles. The predicted octanol–water partition coefficient (Wildman–Crippen LogP) is 3.72. The Bertz CT molecular complexity index is 1250. The van der Waals surface area contributed by atoms with E-state index in [9.17, 15) is 9.18 Å². The van der Waals surface area contributed by atoms with Crippen LogP contribution in [-0.2, 0) is 12.7 Å². The van der Waals surface area contributed by atoms with Crippen molar-refractivity contribution in [2.24, 2.45) is 23.7 Å². The highest BCUT2D eigenvalue weighted by molar-refractivity contribution is 6.01. The molecule has 1 amide bonds. The van der Waals surface area contributed by atoms with Crippen molar-refractivity contribution < 1.29 is 18.7 Å². The van der Waals surface area contributed by atoms with E-state index in [4.69, 9.17) is 10.8 Å². The Hall–Kier alpha value is -3.63. The van der Waals surface area contributed by atoms with Crippen molar-refractivity contribution in [3.05, 3.63) is 47.3 Å². The molecule has 4 N–H and O–H groups in total. The number of aliphatic imine (C=N–C) groups is 1. The van der Waals surface area contributed by atoms with Crippen LogP contribution in [0.5, 0.6) is 0 Å². The van der Waals surface area contributed by atoms with Crippen molar-refractivity contribution in [2.75, 3.05) is 5.32 Å². The summed E-state index contributed by atoms with van der Waals surface area (Å²) in [5.74, 6) is -0.569. The molecule has 1 saturated carbocycles. The van der Waals surface area contributed by atoms with Gasteiger partial charge in [0.25, 0.3) is 0 Å².